The van der Waals surface area contributed by atoms with Crippen LogP contribution in [0.15, 0.2) is 48.5 Å². The molecular formula is C27H28N4O3. The fourth-order valence-electron chi connectivity index (χ4n) is 5.15. The van der Waals surface area contributed by atoms with Crippen LogP contribution in [0.1, 0.15) is 65.5 Å². The second-order valence-electron chi connectivity index (χ2n) is 9.22. The number of rotatable bonds is 5. The first-order valence-corrected chi connectivity index (χ1v) is 11.9. The summed E-state index contributed by atoms with van der Waals surface area (Å²) in [4.78, 5) is 37.4. The first-order valence-electron chi connectivity index (χ1n) is 11.9. The number of imide groups is 1. The molecular weight excluding hydrogens is 428 g/mol. The number of hydrogen-bond donors (Lipinski definition) is 2. The van der Waals surface area contributed by atoms with Gasteiger partial charge in [0.1, 0.15) is 0 Å². The lowest BCUT2D eigenvalue weighted by Gasteiger charge is -2.35. The van der Waals surface area contributed by atoms with Gasteiger partial charge in [-0.3, -0.25) is 19.7 Å². The minimum absolute atomic E-state index is 0.226. The Morgan fingerprint density at radius 2 is 1.79 bits per heavy atom. The fraction of sp³-hybridized carbons (Fsp3) is 0.333. The van der Waals surface area contributed by atoms with Crippen molar-refractivity contribution in [1.29, 1.82) is 0 Å². The number of amides is 3. The molecule has 1 unspecified atom stereocenters. The summed E-state index contributed by atoms with van der Waals surface area (Å²) in [6.45, 7) is 4.00. The van der Waals surface area contributed by atoms with E-state index in [4.69, 9.17) is 0 Å². The standard InChI is InChI=1S/C27H28N4O3/c1-3-27(16-15-23(32)29-26(27)34)18-9-11-19(12-10-18)28-25(33)24-21-5-4-6-22(21)31(30-24)20-13-7-17(2)8-14-20/h7-14H,3-6,15-16H2,1-2H3,(H,28,33)(H,29,32,34). The van der Waals surface area contributed by atoms with Crippen LogP contribution >= 0.6 is 0 Å². The molecule has 5 rings (SSSR count). The van der Waals surface area contributed by atoms with Gasteiger partial charge in [0.05, 0.1) is 11.1 Å². The van der Waals surface area contributed by atoms with E-state index in [-0.39, 0.29) is 17.7 Å². The molecule has 0 radical (unpaired) electrons. The van der Waals surface area contributed by atoms with Crippen molar-refractivity contribution in [3.05, 3.63) is 76.6 Å². The minimum Gasteiger partial charge on any atom is -0.321 e. The lowest BCUT2D eigenvalue weighted by molar-refractivity contribution is -0.138. The summed E-state index contributed by atoms with van der Waals surface area (Å²) in [5.41, 5.74) is 5.50. The predicted molar refractivity (Wildman–Crippen MR) is 129 cm³/mol. The molecule has 1 atom stereocenters. The second-order valence-corrected chi connectivity index (χ2v) is 9.22. The van der Waals surface area contributed by atoms with Crippen molar-refractivity contribution in [2.75, 3.05) is 5.32 Å². The molecule has 7 heteroatoms. The second kappa shape index (κ2) is 8.56. The summed E-state index contributed by atoms with van der Waals surface area (Å²) in [6, 6.07) is 15.5. The highest BCUT2D eigenvalue weighted by Gasteiger charge is 2.42. The summed E-state index contributed by atoms with van der Waals surface area (Å²) < 4.78 is 1.90. The van der Waals surface area contributed by atoms with Crippen molar-refractivity contribution in [3.8, 4) is 5.69 Å². The number of piperidine rings is 1. The highest BCUT2D eigenvalue weighted by Crippen LogP contribution is 2.36. The van der Waals surface area contributed by atoms with Crippen LogP contribution in [0.2, 0.25) is 0 Å². The highest BCUT2D eigenvalue weighted by atomic mass is 16.2. The first kappa shape index (κ1) is 22.1. The maximum absolute atomic E-state index is 13.2. The van der Waals surface area contributed by atoms with Gasteiger partial charge in [0, 0.05) is 23.4 Å². The molecule has 1 aliphatic carbocycles. The van der Waals surface area contributed by atoms with Gasteiger partial charge in [0.25, 0.3) is 5.91 Å². The lowest BCUT2D eigenvalue weighted by atomic mass is 9.72. The quantitative estimate of drug-likeness (QED) is 0.568. The molecule has 1 saturated heterocycles. The molecule has 2 heterocycles. The Balaban J connectivity index is 1.38. The number of nitrogens with one attached hydrogen (secondary N) is 2. The van der Waals surface area contributed by atoms with Crippen LogP contribution in [0.3, 0.4) is 0 Å². The molecule has 174 valence electrons. The molecule has 1 fully saturated rings. The van der Waals surface area contributed by atoms with Gasteiger partial charge in [0.15, 0.2) is 5.69 Å². The SMILES string of the molecule is CCC1(c2ccc(NC(=O)c3nn(-c4ccc(C)cc4)c4c3CCC4)cc2)CCC(=O)NC1=O. The number of aryl methyl sites for hydroxylation is 1. The van der Waals surface area contributed by atoms with Gasteiger partial charge in [-0.15, -0.1) is 0 Å². The third kappa shape index (κ3) is 3.71. The first-order chi connectivity index (χ1) is 16.4. The van der Waals surface area contributed by atoms with Crippen molar-refractivity contribution in [3.63, 3.8) is 0 Å². The minimum atomic E-state index is -0.718. The molecule has 0 spiro atoms. The number of carbonyl (C=O) groups excluding carboxylic acids is 3. The Hall–Kier alpha value is -3.74. The number of carbonyl (C=O) groups is 3. The van der Waals surface area contributed by atoms with E-state index in [9.17, 15) is 14.4 Å². The summed E-state index contributed by atoms with van der Waals surface area (Å²) in [5, 5.41) is 10.1. The van der Waals surface area contributed by atoms with Gasteiger partial charge >= 0.3 is 0 Å². The van der Waals surface area contributed by atoms with E-state index >= 15 is 0 Å². The molecule has 2 N–H and O–H groups in total. The van der Waals surface area contributed by atoms with Gasteiger partial charge in [-0.05, 0) is 68.9 Å². The predicted octanol–water partition coefficient (Wildman–Crippen LogP) is 4.01. The summed E-state index contributed by atoms with van der Waals surface area (Å²) in [5.74, 6) is -0.709. The Kier molecular flexibility index (Phi) is 5.55. The monoisotopic (exact) mass is 456 g/mol. The molecule has 2 aromatic carbocycles. The maximum Gasteiger partial charge on any atom is 0.276 e. The largest absolute Gasteiger partial charge is 0.321 e. The molecule has 3 amide bonds. The fourth-order valence-corrected chi connectivity index (χ4v) is 5.15. The Morgan fingerprint density at radius 1 is 1.06 bits per heavy atom. The molecule has 34 heavy (non-hydrogen) atoms. The van der Waals surface area contributed by atoms with E-state index in [1.165, 1.54) is 5.56 Å². The summed E-state index contributed by atoms with van der Waals surface area (Å²) in [6.07, 6.45) is 4.17. The van der Waals surface area contributed by atoms with Crippen LogP contribution in [-0.2, 0) is 27.8 Å². The third-order valence-corrected chi connectivity index (χ3v) is 7.19. The smallest absolute Gasteiger partial charge is 0.276 e. The topological polar surface area (TPSA) is 93.1 Å². The zero-order valence-electron chi connectivity index (χ0n) is 19.5. The average Bonchev–Trinajstić information content (AvgIpc) is 3.44. The Labute approximate surface area is 198 Å². The zero-order valence-corrected chi connectivity index (χ0v) is 19.5. The van der Waals surface area contributed by atoms with Gasteiger partial charge in [0.2, 0.25) is 11.8 Å². The van der Waals surface area contributed by atoms with E-state index in [0.29, 0.717) is 30.6 Å². The number of fused-ring (bicyclic) bond motifs is 1. The molecule has 0 bridgehead atoms. The Bertz CT molecular complexity index is 1270. The van der Waals surface area contributed by atoms with E-state index in [1.807, 2.05) is 67.1 Å². The van der Waals surface area contributed by atoms with Crippen LogP contribution in [-0.4, -0.2) is 27.5 Å². The van der Waals surface area contributed by atoms with E-state index in [0.717, 1.165) is 41.8 Å². The van der Waals surface area contributed by atoms with Crippen molar-refractivity contribution >= 4 is 23.4 Å². The molecule has 1 aliphatic heterocycles. The normalized spacial score (nSPS) is 19.6. The van der Waals surface area contributed by atoms with Crippen molar-refractivity contribution < 1.29 is 14.4 Å². The van der Waals surface area contributed by atoms with Gasteiger partial charge in [-0.25, -0.2) is 4.68 Å². The Morgan fingerprint density at radius 3 is 2.47 bits per heavy atom. The average molecular weight is 457 g/mol. The van der Waals surface area contributed by atoms with Gasteiger partial charge < -0.3 is 5.32 Å². The zero-order chi connectivity index (χ0) is 23.9. The van der Waals surface area contributed by atoms with Crippen molar-refractivity contribution in [1.82, 2.24) is 15.1 Å². The number of hydrogen-bond acceptors (Lipinski definition) is 4. The molecule has 1 aromatic heterocycles. The molecule has 7 nitrogen and oxygen atoms in total. The van der Waals surface area contributed by atoms with E-state index < -0.39 is 5.41 Å². The van der Waals surface area contributed by atoms with Crippen LogP contribution in [0, 0.1) is 6.92 Å². The van der Waals surface area contributed by atoms with Crippen LogP contribution in [0.4, 0.5) is 5.69 Å². The van der Waals surface area contributed by atoms with Crippen LogP contribution in [0.5, 0.6) is 0 Å². The van der Waals surface area contributed by atoms with E-state index in [1.54, 1.807) is 0 Å². The molecule has 0 saturated carbocycles. The third-order valence-electron chi connectivity index (χ3n) is 7.19. The number of anilines is 1. The number of nitrogens with zero attached hydrogens (tertiary/aromatic N) is 2. The van der Waals surface area contributed by atoms with E-state index in [2.05, 4.69) is 15.7 Å². The van der Waals surface area contributed by atoms with Gasteiger partial charge in [-0.1, -0.05) is 36.8 Å². The maximum atomic E-state index is 13.2. The summed E-state index contributed by atoms with van der Waals surface area (Å²) >= 11 is 0. The van der Waals surface area contributed by atoms with Crippen LogP contribution < -0.4 is 10.6 Å². The summed E-state index contributed by atoms with van der Waals surface area (Å²) in [7, 11) is 0. The molecule has 2 aliphatic rings. The van der Waals surface area contributed by atoms with Gasteiger partial charge in [-0.2, -0.15) is 5.10 Å². The van der Waals surface area contributed by atoms with Crippen LogP contribution in [0.25, 0.3) is 5.69 Å². The number of benzene rings is 2. The highest BCUT2D eigenvalue weighted by molar-refractivity contribution is 6.05. The van der Waals surface area contributed by atoms with Crippen molar-refractivity contribution in [2.45, 2.75) is 57.8 Å². The number of aromatic nitrogens is 2. The molecule has 3 aromatic rings. The van der Waals surface area contributed by atoms with Crippen molar-refractivity contribution in [2.24, 2.45) is 0 Å². The lowest BCUT2D eigenvalue weighted by Crippen LogP contribution is -2.51.